The molecule has 0 saturated heterocycles. The van der Waals surface area contributed by atoms with Crippen molar-refractivity contribution in [2.24, 2.45) is 0 Å². The fourth-order valence-corrected chi connectivity index (χ4v) is 7.45. The molecule has 0 aromatic heterocycles. The quantitative estimate of drug-likeness (QED) is 0.0262. The Balaban J connectivity index is 4.42. The molecule has 1 atom stereocenters. The number of hydrogen-bond acceptors (Lipinski definition) is 6. The summed E-state index contributed by atoms with van der Waals surface area (Å²) in [6, 6.07) is 0. The molecule has 0 spiro atoms. The Labute approximate surface area is 431 Å². The number of esters is 3. The van der Waals surface area contributed by atoms with Crippen molar-refractivity contribution >= 4 is 17.9 Å². The van der Waals surface area contributed by atoms with Gasteiger partial charge in [0.05, 0.1) is 0 Å². The zero-order chi connectivity index (χ0) is 50.7. The average Bonchev–Trinajstić information content (AvgIpc) is 3.36. The van der Waals surface area contributed by atoms with Gasteiger partial charge in [0.15, 0.2) is 6.10 Å². The van der Waals surface area contributed by atoms with Crippen LogP contribution in [-0.4, -0.2) is 37.2 Å². The molecule has 0 saturated carbocycles. The van der Waals surface area contributed by atoms with Gasteiger partial charge in [-0.15, -0.1) is 0 Å². The molecule has 0 aromatic rings. The van der Waals surface area contributed by atoms with Crippen molar-refractivity contribution in [2.75, 3.05) is 13.2 Å². The second-order valence-corrected chi connectivity index (χ2v) is 18.4. The van der Waals surface area contributed by atoms with Crippen molar-refractivity contribution in [1.29, 1.82) is 0 Å². The van der Waals surface area contributed by atoms with E-state index in [1.807, 2.05) is 0 Å². The van der Waals surface area contributed by atoms with Gasteiger partial charge in [-0.05, 0) is 128 Å². The minimum atomic E-state index is -0.803. The lowest BCUT2D eigenvalue weighted by Gasteiger charge is -2.18. The van der Waals surface area contributed by atoms with Crippen LogP contribution >= 0.6 is 0 Å². The zero-order valence-electron chi connectivity index (χ0n) is 45.2. The number of rotatable bonds is 50. The van der Waals surface area contributed by atoms with Crippen LogP contribution in [0.3, 0.4) is 0 Å². The Kier molecular flexibility index (Phi) is 54.0. The Hall–Kier alpha value is -4.19. The van der Waals surface area contributed by atoms with E-state index in [-0.39, 0.29) is 31.1 Å². The minimum absolute atomic E-state index is 0.0988. The number of unbranched alkanes of at least 4 members (excludes halogenated alkanes) is 19. The number of carbonyl (C=O) groups is 3. The van der Waals surface area contributed by atoms with Gasteiger partial charge in [0, 0.05) is 19.3 Å². The molecule has 0 aliphatic heterocycles. The van der Waals surface area contributed by atoms with E-state index >= 15 is 0 Å². The van der Waals surface area contributed by atoms with Gasteiger partial charge in [-0.1, -0.05) is 219 Å². The predicted octanol–water partition coefficient (Wildman–Crippen LogP) is 19.3. The lowest BCUT2D eigenvalue weighted by molar-refractivity contribution is -0.167. The van der Waals surface area contributed by atoms with Crippen molar-refractivity contribution in [3.63, 3.8) is 0 Å². The standard InChI is InChI=1S/C64H104O6/c1-4-7-10-13-16-19-22-25-27-29-30-31-32-33-34-36-37-39-42-45-48-51-54-57-63(66)69-60-61(59-68-62(65)56-53-50-47-44-41-24-21-18-15-12-9-6-3)70-64(67)58-55-52-49-46-43-40-38-35-28-26-23-20-17-14-11-8-5-2/h7-8,10-11,16-21,25-28,30-31,33-34,38,40,61H,4-6,9,12-15,22-24,29,32,35-37,39,41-60H2,1-3H3/b10-7-,11-8-,19-16-,20-17-,21-18-,27-25-,28-26-,31-30-,34-33-,40-38-. The monoisotopic (exact) mass is 969 g/mol. The first-order chi connectivity index (χ1) is 34.5. The summed E-state index contributed by atoms with van der Waals surface area (Å²) in [5.74, 6) is -0.945. The van der Waals surface area contributed by atoms with Gasteiger partial charge in [-0.3, -0.25) is 14.4 Å². The van der Waals surface area contributed by atoms with Crippen LogP contribution in [0.25, 0.3) is 0 Å². The third kappa shape index (κ3) is 54.7. The van der Waals surface area contributed by atoms with Gasteiger partial charge in [-0.25, -0.2) is 0 Å². The molecular weight excluding hydrogens is 865 g/mol. The van der Waals surface area contributed by atoms with E-state index in [1.54, 1.807) is 0 Å². The number of hydrogen-bond donors (Lipinski definition) is 0. The van der Waals surface area contributed by atoms with Gasteiger partial charge >= 0.3 is 17.9 Å². The largest absolute Gasteiger partial charge is 0.462 e. The molecule has 0 N–H and O–H groups in total. The molecule has 396 valence electrons. The fraction of sp³-hybridized carbons (Fsp3) is 0.641. The molecular formula is C64H104O6. The third-order valence-corrected chi connectivity index (χ3v) is 11.7. The SMILES string of the molecule is CC/C=C\C/C=C\C/C=C\C/C=C\C/C=C\CCCCCCCCCC(=O)OCC(COC(=O)CCCCCCC/C=C\CCCCC)OC(=O)CCCCCC/C=C\C/C=C\C/C=C\C/C=C\CC. The number of carbonyl (C=O) groups excluding carboxylic acids is 3. The highest BCUT2D eigenvalue weighted by Crippen LogP contribution is 2.14. The highest BCUT2D eigenvalue weighted by atomic mass is 16.6. The molecule has 6 heteroatoms. The number of allylic oxidation sites excluding steroid dienone is 20. The highest BCUT2D eigenvalue weighted by molar-refractivity contribution is 5.71. The molecule has 70 heavy (non-hydrogen) atoms. The smallest absolute Gasteiger partial charge is 0.306 e. The van der Waals surface area contributed by atoms with Gasteiger partial charge < -0.3 is 14.2 Å². The maximum absolute atomic E-state index is 12.8. The van der Waals surface area contributed by atoms with Crippen molar-refractivity contribution in [3.8, 4) is 0 Å². The second kappa shape index (κ2) is 57.4. The number of ether oxygens (including phenoxy) is 3. The first kappa shape index (κ1) is 65.8. The van der Waals surface area contributed by atoms with Gasteiger partial charge in [0.25, 0.3) is 0 Å². The van der Waals surface area contributed by atoms with E-state index in [2.05, 4.69) is 142 Å². The van der Waals surface area contributed by atoms with Crippen molar-refractivity contribution in [1.82, 2.24) is 0 Å². The summed E-state index contributed by atoms with van der Waals surface area (Å²) >= 11 is 0. The molecule has 0 radical (unpaired) electrons. The normalized spacial score (nSPS) is 13.0. The third-order valence-electron chi connectivity index (χ3n) is 11.7. The predicted molar refractivity (Wildman–Crippen MR) is 302 cm³/mol. The van der Waals surface area contributed by atoms with Gasteiger partial charge in [0.1, 0.15) is 13.2 Å². The summed E-state index contributed by atoms with van der Waals surface area (Å²) in [7, 11) is 0. The zero-order valence-corrected chi connectivity index (χ0v) is 45.2. The molecule has 0 aliphatic carbocycles. The molecule has 0 rings (SSSR count). The average molecular weight is 970 g/mol. The van der Waals surface area contributed by atoms with Crippen LogP contribution in [0.5, 0.6) is 0 Å². The summed E-state index contributed by atoms with van der Waals surface area (Å²) in [5.41, 5.74) is 0. The Morgan fingerprint density at radius 3 is 0.886 bits per heavy atom. The Bertz CT molecular complexity index is 1490. The van der Waals surface area contributed by atoms with Crippen LogP contribution in [0.2, 0.25) is 0 Å². The summed E-state index contributed by atoms with van der Waals surface area (Å²) < 4.78 is 16.8. The van der Waals surface area contributed by atoms with E-state index < -0.39 is 6.10 Å². The molecule has 0 aromatic carbocycles. The Morgan fingerprint density at radius 2 is 0.557 bits per heavy atom. The lowest BCUT2D eigenvalue weighted by Crippen LogP contribution is -2.30. The molecule has 0 amide bonds. The summed E-state index contributed by atoms with van der Waals surface area (Å²) in [5, 5.41) is 0. The van der Waals surface area contributed by atoms with Crippen LogP contribution < -0.4 is 0 Å². The van der Waals surface area contributed by atoms with Gasteiger partial charge in [0.2, 0.25) is 0 Å². The first-order valence-corrected chi connectivity index (χ1v) is 28.5. The van der Waals surface area contributed by atoms with Crippen LogP contribution in [0.4, 0.5) is 0 Å². The van der Waals surface area contributed by atoms with Crippen LogP contribution in [0.15, 0.2) is 122 Å². The topological polar surface area (TPSA) is 78.9 Å². The van der Waals surface area contributed by atoms with E-state index in [0.717, 1.165) is 148 Å². The summed E-state index contributed by atoms with van der Waals surface area (Å²) in [6.45, 7) is 6.34. The van der Waals surface area contributed by atoms with E-state index in [1.165, 1.54) is 57.8 Å². The van der Waals surface area contributed by atoms with Crippen molar-refractivity contribution in [2.45, 2.75) is 252 Å². The summed E-state index contributed by atoms with van der Waals surface area (Å²) in [4.78, 5) is 38.1. The molecule has 0 bridgehead atoms. The molecule has 0 heterocycles. The Morgan fingerprint density at radius 1 is 0.300 bits per heavy atom. The maximum atomic E-state index is 12.8. The lowest BCUT2D eigenvalue weighted by atomic mass is 10.1. The van der Waals surface area contributed by atoms with E-state index in [9.17, 15) is 14.4 Å². The van der Waals surface area contributed by atoms with Gasteiger partial charge in [-0.2, -0.15) is 0 Å². The molecule has 1 unspecified atom stereocenters. The maximum Gasteiger partial charge on any atom is 0.306 e. The molecule has 0 fully saturated rings. The van der Waals surface area contributed by atoms with Crippen molar-refractivity contribution in [3.05, 3.63) is 122 Å². The molecule has 0 aliphatic rings. The fourth-order valence-electron chi connectivity index (χ4n) is 7.45. The van der Waals surface area contributed by atoms with Crippen LogP contribution in [0.1, 0.15) is 245 Å². The van der Waals surface area contributed by atoms with E-state index in [0.29, 0.717) is 19.3 Å². The van der Waals surface area contributed by atoms with E-state index in [4.69, 9.17) is 14.2 Å². The van der Waals surface area contributed by atoms with Crippen molar-refractivity contribution < 1.29 is 28.6 Å². The first-order valence-electron chi connectivity index (χ1n) is 28.5. The minimum Gasteiger partial charge on any atom is -0.462 e. The van der Waals surface area contributed by atoms with Crippen LogP contribution in [-0.2, 0) is 28.6 Å². The second-order valence-electron chi connectivity index (χ2n) is 18.4. The van der Waals surface area contributed by atoms with Crippen LogP contribution in [0, 0.1) is 0 Å². The summed E-state index contributed by atoms with van der Waals surface area (Å²) in [6.07, 6.45) is 79.0. The molecule has 6 nitrogen and oxygen atoms in total. The highest BCUT2D eigenvalue weighted by Gasteiger charge is 2.19.